The Morgan fingerprint density at radius 2 is 1.90 bits per heavy atom. The minimum Gasteiger partial charge on any atom is -0.421 e. The summed E-state index contributed by atoms with van der Waals surface area (Å²) in [5.41, 5.74) is 2.07. The summed E-state index contributed by atoms with van der Waals surface area (Å²) < 4.78 is 5.73. The van der Waals surface area contributed by atoms with Gasteiger partial charge in [0.25, 0.3) is 0 Å². The van der Waals surface area contributed by atoms with E-state index < -0.39 is 0 Å². The molecule has 1 aromatic carbocycles. The molecule has 0 radical (unpaired) electrons. The molecular weight excluding hydrogens is 380 g/mol. The van der Waals surface area contributed by atoms with Crippen molar-refractivity contribution in [3.05, 3.63) is 54.0 Å². The number of benzene rings is 1. The first-order valence-corrected chi connectivity index (χ1v) is 10.3. The second-order valence-corrected chi connectivity index (χ2v) is 7.67. The Balaban J connectivity index is 1.26. The lowest BCUT2D eigenvalue weighted by Crippen LogP contribution is -2.46. The van der Waals surface area contributed by atoms with E-state index in [0.717, 1.165) is 37.3 Å². The molecule has 1 aliphatic heterocycles. The molecule has 1 fully saturated rings. The molecular formula is C22H26N6O2. The standard InChI is InChI=1S/C22H26N6O2/c1-16-5-7-17(8-6-16)22-26-25-20(30-22)9-10-21(29)28-14-11-18(12-15-28)27(2)19-4-3-13-23-24-19/h3-8,13,18H,9-12,14-15H2,1-2H3. The number of aryl methyl sites for hydroxylation is 2. The normalized spacial score (nSPS) is 14.7. The molecule has 8 nitrogen and oxygen atoms in total. The number of carbonyl (C=O) groups excluding carboxylic acids is 1. The third-order valence-corrected chi connectivity index (χ3v) is 5.60. The molecule has 4 rings (SSSR count). The molecule has 3 heterocycles. The van der Waals surface area contributed by atoms with Gasteiger partial charge in [0.05, 0.1) is 0 Å². The lowest BCUT2D eigenvalue weighted by atomic mass is 10.0. The van der Waals surface area contributed by atoms with Gasteiger partial charge in [-0.05, 0) is 44.0 Å². The Morgan fingerprint density at radius 1 is 1.13 bits per heavy atom. The Bertz CT molecular complexity index is 965. The van der Waals surface area contributed by atoms with Crippen LogP contribution in [0.4, 0.5) is 5.82 Å². The maximum Gasteiger partial charge on any atom is 0.247 e. The van der Waals surface area contributed by atoms with Gasteiger partial charge in [0.1, 0.15) is 0 Å². The fourth-order valence-electron chi connectivity index (χ4n) is 3.71. The summed E-state index contributed by atoms with van der Waals surface area (Å²) in [5, 5.41) is 16.3. The van der Waals surface area contributed by atoms with Crippen LogP contribution in [0.15, 0.2) is 47.0 Å². The summed E-state index contributed by atoms with van der Waals surface area (Å²) in [6.07, 6.45) is 4.33. The van der Waals surface area contributed by atoms with Gasteiger partial charge < -0.3 is 14.2 Å². The highest BCUT2D eigenvalue weighted by molar-refractivity contribution is 5.76. The van der Waals surface area contributed by atoms with Crippen molar-refractivity contribution in [1.82, 2.24) is 25.3 Å². The van der Waals surface area contributed by atoms with Crippen LogP contribution in [0.5, 0.6) is 0 Å². The summed E-state index contributed by atoms with van der Waals surface area (Å²) in [6, 6.07) is 12.1. The lowest BCUT2D eigenvalue weighted by Gasteiger charge is -2.37. The van der Waals surface area contributed by atoms with Crippen molar-refractivity contribution in [2.45, 2.75) is 38.6 Å². The Morgan fingerprint density at radius 3 is 2.60 bits per heavy atom. The minimum atomic E-state index is 0.130. The quantitative estimate of drug-likeness (QED) is 0.622. The highest BCUT2D eigenvalue weighted by atomic mass is 16.4. The van der Waals surface area contributed by atoms with Gasteiger partial charge in [-0.2, -0.15) is 5.10 Å². The van der Waals surface area contributed by atoms with Crippen LogP contribution in [-0.4, -0.2) is 57.4 Å². The number of carbonyl (C=O) groups is 1. The Kier molecular flexibility index (Phi) is 6.02. The molecule has 0 bridgehead atoms. The van der Waals surface area contributed by atoms with Crippen LogP contribution in [0, 0.1) is 6.92 Å². The van der Waals surface area contributed by atoms with E-state index in [0.29, 0.717) is 30.7 Å². The van der Waals surface area contributed by atoms with Gasteiger partial charge in [-0.15, -0.1) is 15.3 Å². The van der Waals surface area contributed by atoms with Gasteiger partial charge in [-0.1, -0.05) is 17.7 Å². The van der Waals surface area contributed by atoms with Crippen LogP contribution >= 0.6 is 0 Å². The minimum absolute atomic E-state index is 0.130. The highest BCUT2D eigenvalue weighted by Crippen LogP contribution is 2.21. The third-order valence-electron chi connectivity index (χ3n) is 5.60. The highest BCUT2D eigenvalue weighted by Gasteiger charge is 2.26. The van der Waals surface area contributed by atoms with Gasteiger partial charge >= 0.3 is 0 Å². The van der Waals surface area contributed by atoms with Crippen molar-refractivity contribution in [2.24, 2.45) is 0 Å². The lowest BCUT2D eigenvalue weighted by molar-refractivity contribution is -0.132. The van der Waals surface area contributed by atoms with Gasteiger partial charge in [0.15, 0.2) is 5.82 Å². The molecule has 0 atom stereocenters. The molecule has 1 aliphatic rings. The number of hydrogen-bond acceptors (Lipinski definition) is 7. The molecule has 3 aromatic rings. The first-order valence-electron chi connectivity index (χ1n) is 10.3. The van der Waals surface area contributed by atoms with Crippen molar-refractivity contribution < 1.29 is 9.21 Å². The average molecular weight is 406 g/mol. The maximum atomic E-state index is 12.6. The summed E-state index contributed by atoms with van der Waals surface area (Å²) in [4.78, 5) is 16.7. The first kappa shape index (κ1) is 20.0. The molecule has 2 aromatic heterocycles. The molecule has 0 saturated carbocycles. The largest absolute Gasteiger partial charge is 0.421 e. The molecule has 0 spiro atoms. The number of piperidine rings is 1. The third kappa shape index (κ3) is 4.64. The van der Waals surface area contributed by atoms with Crippen molar-refractivity contribution in [3.63, 3.8) is 0 Å². The fourth-order valence-corrected chi connectivity index (χ4v) is 3.71. The van der Waals surface area contributed by atoms with Crippen molar-refractivity contribution in [1.29, 1.82) is 0 Å². The zero-order chi connectivity index (χ0) is 20.9. The number of rotatable bonds is 6. The number of likely N-dealkylation sites (tertiary alicyclic amines) is 1. The van der Waals surface area contributed by atoms with Gasteiger partial charge in [0, 0.05) is 50.8 Å². The van der Waals surface area contributed by atoms with Crippen molar-refractivity contribution >= 4 is 11.7 Å². The smallest absolute Gasteiger partial charge is 0.247 e. The molecule has 8 heteroatoms. The number of anilines is 1. The Labute approximate surface area is 175 Å². The predicted octanol–water partition coefficient (Wildman–Crippen LogP) is 2.90. The van der Waals surface area contributed by atoms with Crippen LogP contribution < -0.4 is 4.90 Å². The zero-order valence-corrected chi connectivity index (χ0v) is 17.4. The summed E-state index contributed by atoms with van der Waals surface area (Å²) in [5.74, 6) is 1.98. The SMILES string of the molecule is Cc1ccc(-c2nnc(CCC(=O)N3CCC(N(C)c4cccnn4)CC3)o2)cc1. The van der Waals surface area contributed by atoms with E-state index in [1.54, 1.807) is 6.20 Å². The first-order chi connectivity index (χ1) is 14.6. The molecule has 0 N–H and O–H groups in total. The maximum absolute atomic E-state index is 12.6. The van der Waals surface area contributed by atoms with Crippen LogP contribution in [-0.2, 0) is 11.2 Å². The summed E-state index contributed by atoms with van der Waals surface area (Å²) >= 11 is 0. The van der Waals surface area contributed by atoms with Crippen molar-refractivity contribution in [2.75, 3.05) is 25.0 Å². The zero-order valence-electron chi connectivity index (χ0n) is 17.4. The van der Waals surface area contributed by atoms with E-state index in [1.807, 2.05) is 55.3 Å². The van der Waals surface area contributed by atoms with E-state index in [4.69, 9.17) is 4.42 Å². The monoisotopic (exact) mass is 406 g/mol. The average Bonchev–Trinajstić information content (AvgIpc) is 3.27. The van der Waals surface area contributed by atoms with Gasteiger partial charge in [0.2, 0.25) is 17.7 Å². The van der Waals surface area contributed by atoms with E-state index in [-0.39, 0.29) is 5.91 Å². The van der Waals surface area contributed by atoms with Crippen LogP contribution in [0.2, 0.25) is 0 Å². The van der Waals surface area contributed by atoms with E-state index >= 15 is 0 Å². The van der Waals surface area contributed by atoms with Crippen molar-refractivity contribution in [3.8, 4) is 11.5 Å². The second kappa shape index (κ2) is 9.02. The van der Waals surface area contributed by atoms with Crippen LogP contribution in [0.25, 0.3) is 11.5 Å². The summed E-state index contributed by atoms with van der Waals surface area (Å²) in [7, 11) is 2.04. The molecule has 0 unspecified atom stereocenters. The molecule has 156 valence electrons. The van der Waals surface area contributed by atoms with Crippen LogP contribution in [0.1, 0.15) is 30.7 Å². The van der Waals surface area contributed by atoms with E-state index in [1.165, 1.54) is 5.56 Å². The molecule has 0 aliphatic carbocycles. The van der Waals surface area contributed by atoms with Gasteiger partial charge in [-0.25, -0.2) is 0 Å². The van der Waals surface area contributed by atoms with E-state index in [9.17, 15) is 4.79 Å². The fraction of sp³-hybridized carbons (Fsp3) is 0.409. The predicted molar refractivity (Wildman–Crippen MR) is 113 cm³/mol. The van der Waals surface area contributed by atoms with E-state index in [2.05, 4.69) is 25.3 Å². The number of aromatic nitrogens is 4. The number of nitrogens with zero attached hydrogens (tertiary/aromatic N) is 6. The number of hydrogen-bond donors (Lipinski definition) is 0. The number of amides is 1. The summed E-state index contributed by atoms with van der Waals surface area (Å²) in [6.45, 7) is 3.52. The Hall–Kier alpha value is -3.29. The molecule has 30 heavy (non-hydrogen) atoms. The van der Waals surface area contributed by atoms with Crippen LogP contribution in [0.3, 0.4) is 0 Å². The second-order valence-electron chi connectivity index (χ2n) is 7.67. The topological polar surface area (TPSA) is 88.3 Å². The molecule has 1 amide bonds. The van der Waals surface area contributed by atoms with Gasteiger partial charge in [-0.3, -0.25) is 4.79 Å². The molecule has 1 saturated heterocycles.